The van der Waals surface area contributed by atoms with Crippen LogP contribution in [0.5, 0.6) is 0 Å². The van der Waals surface area contributed by atoms with Gasteiger partial charge in [0.1, 0.15) is 6.04 Å². The Bertz CT molecular complexity index is 324. The van der Waals surface area contributed by atoms with E-state index in [2.05, 4.69) is 20.7 Å². The second-order valence-corrected chi connectivity index (χ2v) is 3.07. The molecule has 2 N–H and O–H groups in total. The van der Waals surface area contributed by atoms with Crippen molar-refractivity contribution in [3.05, 3.63) is 0 Å². The van der Waals surface area contributed by atoms with Gasteiger partial charge in [0.15, 0.2) is 0 Å². The highest BCUT2D eigenvalue weighted by Gasteiger charge is 2.29. The monoisotopic (exact) mass is 203 g/mol. The maximum atomic E-state index is 12.6. The molecule has 0 aliphatic carbocycles. The topological polar surface area (TPSA) is 54.8 Å². The maximum absolute atomic E-state index is 12.6. The number of halogens is 2. The molecule has 78 valence electrons. The summed E-state index contributed by atoms with van der Waals surface area (Å²) in [5.74, 6) is 0.769. The van der Waals surface area contributed by atoms with Crippen LogP contribution in [0.1, 0.15) is 12.5 Å². The molecule has 1 aromatic rings. The molecular weight excluding hydrogens is 192 g/mol. The molecule has 0 saturated heterocycles. The van der Waals surface area contributed by atoms with Crippen LogP contribution in [0.3, 0.4) is 0 Å². The van der Waals surface area contributed by atoms with Crippen molar-refractivity contribution in [2.45, 2.75) is 18.9 Å². The van der Waals surface area contributed by atoms with Gasteiger partial charge < -0.3 is 10.6 Å². The minimum absolute atomic E-state index is 0.361. The van der Waals surface area contributed by atoms with Gasteiger partial charge in [0, 0.05) is 13.6 Å². The van der Waals surface area contributed by atoms with Crippen LogP contribution in [0, 0.1) is 0 Å². The second-order valence-electron chi connectivity index (χ2n) is 3.07. The molecule has 0 spiro atoms. The number of hydrogen-bond acceptors (Lipinski definition) is 4. The van der Waals surface area contributed by atoms with Gasteiger partial charge in [-0.3, -0.25) is 0 Å². The van der Waals surface area contributed by atoms with Gasteiger partial charge in [-0.15, -0.1) is 5.10 Å². The maximum Gasteiger partial charge on any atom is 0.260 e. The molecule has 1 unspecified atom stereocenters. The Kier molecular flexibility index (Phi) is 2.22. The van der Waals surface area contributed by atoms with Crippen LogP contribution < -0.4 is 10.6 Å². The fourth-order valence-electron chi connectivity index (χ4n) is 1.47. The van der Waals surface area contributed by atoms with E-state index in [4.69, 9.17) is 0 Å². The number of anilines is 2. The van der Waals surface area contributed by atoms with Gasteiger partial charge in [-0.25, -0.2) is 13.5 Å². The molecule has 1 aliphatic rings. The number of aromatic nitrogens is 3. The van der Waals surface area contributed by atoms with Crippen LogP contribution in [-0.2, 0) is 0 Å². The van der Waals surface area contributed by atoms with Gasteiger partial charge >= 0.3 is 0 Å². The van der Waals surface area contributed by atoms with Gasteiger partial charge in [-0.05, 0) is 6.42 Å². The Balaban J connectivity index is 2.33. The number of fused-ring (bicyclic) bond motifs is 1. The molecule has 0 aromatic carbocycles. The summed E-state index contributed by atoms with van der Waals surface area (Å²) in [7, 11) is 1.65. The number of rotatable bonds is 2. The van der Waals surface area contributed by atoms with Crippen LogP contribution in [0.15, 0.2) is 0 Å². The second kappa shape index (κ2) is 3.39. The van der Waals surface area contributed by atoms with E-state index in [1.54, 1.807) is 7.05 Å². The summed E-state index contributed by atoms with van der Waals surface area (Å²) in [6.07, 6.45) is -2.03. The average molecular weight is 203 g/mol. The summed E-state index contributed by atoms with van der Waals surface area (Å²) in [5, 5.41) is 9.56. The van der Waals surface area contributed by atoms with Gasteiger partial charge in [-0.1, -0.05) is 0 Å². The molecule has 2 heterocycles. The summed E-state index contributed by atoms with van der Waals surface area (Å²) >= 11 is 0. The van der Waals surface area contributed by atoms with E-state index >= 15 is 0 Å². The molecule has 1 aromatic heterocycles. The lowest BCUT2D eigenvalue weighted by Crippen LogP contribution is -2.28. The average Bonchev–Trinajstić information content (AvgIpc) is 2.59. The Morgan fingerprint density at radius 1 is 1.64 bits per heavy atom. The van der Waals surface area contributed by atoms with Crippen molar-refractivity contribution in [1.29, 1.82) is 0 Å². The van der Waals surface area contributed by atoms with E-state index in [0.717, 1.165) is 0 Å². The Morgan fingerprint density at radius 2 is 2.43 bits per heavy atom. The Morgan fingerprint density at radius 3 is 3.07 bits per heavy atom. The fourth-order valence-corrected chi connectivity index (χ4v) is 1.47. The van der Waals surface area contributed by atoms with E-state index in [0.29, 0.717) is 24.9 Å². The van der Waals surface area contributed by atoms with Crippen molar-refractivity contribution in [3.63, 3.8) is 0 Å². The number of hydrogen-bond donors (Lipinski definition) is 2. The first-order valence-corrected chi connectivity index (χ1v) is 4.38. The minimum Gasteiger partial charge on any atom is -0.356 e. The minimum atomic E-state index is -2.40. The largest absolute Gasteiger partial charge is 0.356 e. The van der Waals surface area contributed by atoms with Crippen molar-refractivity contribution in [2.24, 2.45) is 0 Å². The number of nitrogens with one attached hydrogen (secondary N) is 2. The summed E-state index contributed by atoms with van der Waals surface area (Å²) in [6.45, 7) is 0.511. The Hall–Kier alpha value is -1.40. The smallest absolute Gasteiger partial charge is 0.260 e. The highest BCUT2D eigenvalue weighted by molar-refractivity contribution is 5.36. The number of nitrogens with zero attached hydrogens (tertiary/aromatic N) is 3. The molecule has 2 rings (SSSR count). The first kappa shape index (κ1) is 9.17. The molecule has 1 atom stereocenters. The first-order valence-electron chi connectivity index (χ1n) is 4.38. The van der Waals surface area contributed by atoms with Crippen molar-refractivity contribution < 1.29 is 8.78 Å². The van der Waals surface area contributed by atoms with Crippen LogP contribution >= 0.6 is 0 Å². The molecule has 1 aliphatic heterocycles. The zero-order chi connectivity index (χ0) is 10.1. The van der Waals surface area contributed by atoms with E-state index in [1.807, 2.05) is 0 Å². The zero-order valence-corrected chi connectivity index (χ0v) is 7.67. The highest BCUT2D eigenvalue weighted by Crippen LogP contribution is 2.27. The molecule has 0 radical (unpaired) electrons. The zero-order valence-electron chi connectivity index (χ0n) is 7.67. The standard InChI is InChI=1S/C7H11F2N5/c1-10-6-12-7-11-3-2-4(5(8)9)14(7)13-6/h4-5H,2-3H2,1H3,(H2,10,11,12,13). The summed E-state index contributed by atoms with van der Waals surface area (Å²) in [5.41, 5.74) is 0. The van der Waals surface area contributed by atoms with Crippen molar-refractivity contribution in [2.75, 3.05) is 24.2 Å². The van der Waals surface area contributed by atoms with Gasteiger partial charge in [-0.2, -0.15) is 4.98 Å². The predicted octanol–water partition coefficient (Wildman–Crippen LogP) is 0.942. The van der Waals surface area contributed by atoms with Crippen LogP contribution in [0.25, 0.3) is 0 Å². The molecule has 7 heteroatoms. The van der Waals surface area contributed by atoms with Crippen molar-refractivity contribution in [1.82, 2.24) is 14.8 Å². The lowest BCUT2D eigenvalue weighted by atomic mass is 10.2. The summed E-state index contributed by atoms with van der Waals surface area (Å²) in [6, 6.07) is -0.860. The summed E-state index contributed by atoms with van der Waals surface area (Å²) < 4.78 is 26.4. The van der Waals surface area contributed by atoms with E-state index < -0.39 is 12.5 Å². The van der Waals surface area contributed by atoms with E-state index in [9.17, 15) is 8.78 Å². The molecule has 14 heavy (non-hydrogen) atoms. The predicted molar refractivity (Wildman–Crippen MR) is 47.7 cm³/mol. The van der Waals surface area contributed by atoms with E-state index in [-0.39, 0.29) is 0 Å². The van der Waals surface area contributed by atoms with Gasteiger partial charge in [0.25, 0.3) is 6.43 Å². The lowest BCUT2D eigenvalue weighted by Gasteiger charge is -2.23. The Labute approximate surface area is 79.5 Å². The third-order valence-corrected chi connectivity index (χ3v) is 2.18. The lowest BCUT2D eigenvalue weighted by molar-refractivity contribution is 0.0714. The SMILES string of the molecule is CNc1nc2n(n1)C(C(F)F)CCN2. The molecule has 0 saturated carbocycles. The molecule has 0 amide bonds. The normalized spacial score (nSPS) is 20.4. The first-order chi connectivity index (χ1) is 6.72. The quantitative estimate of drug-likeness (QED) is 0.751. The van der Waals surface area contributed by atoms with Crippen molar-refractivity contribution >= 4 is 11.9 Å². The van der Waals surface area contributed by atoms with Crippen LogP contribution in [0.2, 0.25) is 0 Å². The molecule has 5 nitrogen and oxygen atoms in total. The highest BCUT2D eigenvalue weighted by atomic mass is 19.3. The third kappa shape index (κ3) is 1.38. The molecule has 0 fully saturated rings. The van der Waals surface area contributed by atoms with Crippen LogP contribution in [0.4, 0.5) is 20.7 Å². The van der Waals surface area contributed by atoms with Crippen LogP contribution in [-0.4, -0.2) is 34.8 Å². The molecular formula is C7H11F2N5. The third-order valence-electron chi connectivity index (χ3n) is 2.18. The van der Waals surface area contributed by atoms with E-state index in [1.165, 1.54) is 4.68 Å². The summed E-state index contributed by atoms with van der Waals surface area (Å²) in [4.78, 5) is 4.00. The van der Waals surface area contributed by atoms with Crippen molar-refractivity contribution in [3.8, 4) is 0 Å². The fraction of sp³-hybridized carbons (Fsp3) is 0.714. The van der Waals surface area contributed by atoms with Gasteiger partial charge in [0.2, 0.25) is 11.9 Å². The van der Waals surface area contributed by atoms with Gasteiger partial charge in [0.05, 0.1) is 0 Å². The molecule has 0 bridgehead atoms. The number of alkyl halides is 2.